The van der Waals surface area contributed by atoms with Crippen molar-refractivity contribution in [3.63, 3.8) is 0 Å². The maximum atomic E-state index is 14.2. The molecule has 4 heterocycles. The molecule has 3 aliphatic heterocycles. The van der Waals surface area contributed by atoms with Gasteiger partial charge in [-0.15, -0.1) is 11.8 Å². The van der Waals surface area contributed by atoms with Crippen LogP contribution in [0.2, 0.25) is 0 Å². The molecule has 3 aromatic rings. The zero-order valence-corrected chi connectivity index (χ0v) is 18.8. The second kappa shape index (κ2) is 7.75. The summed E-state index contributed by atoms with van der Waals surface area (Å²) in [5.74, 6) is -0.368. The van der Waals surface area contributed by atoms with E-state index < -0.39 is 22.3 Å². The van der Waals surface area contributed by atoms with Crippen molar-refractivity contribution >= 4 is 34.8 Å². The number of amides is 1. The highest BCUT2D eigenvalue weighted by molar-refractivity contribution is 7.99. The van der Waals surface area contributed by atoms with Gasteiger partial charge in [0.15, 0.2) is 5.78 Å². The van der Waals surface area contributed by atoms with Gasteiger partial charge in [0.1, 0.15) is 11.2 Å². The van der Waals surface area contributed by atoms with Crippen molar-refractivity contribution in [1.29, 1.82) is 0 Å². The smallest absolute Gasteiger partial charge is 0.269 e. The minimum atomic E-state index is -1.21. The van der Waals surface area contributed by atoms with Crippen LogP contribution in [0.4, 0.5) is 11.4 Å². The Balaban J connectivity index is 1.62. The van der Waals surface area contributed by atoms with Crippen molar-refractivity contribution in [3.05, 3.63) is 99.9 Å². The van der Waals surface area contributed by atoms with Crippen LogP contribution in [0.5, 0.6) is 0 Å². The number of pyridine rings is 1. The van der Waals surface area contributed by atoms with E-state index in [1.165, 1.54) is 6.07 Å². The fourth-order valence-electron chi connectivity index (χ4n) is 5.92. The van der Waals surface area contributed by atoms with E-state index in [-0.39, 0.29) is 29.1 Å². The summed E-state index contributed by atoms with van der Waals surface area (Å²) >= 11 is 1.71. The fraction of sp³-hybridized carbons (Fsp3) is 0.240. The van der Waals surface area contributed by atoms with Crippen LogP contribution in [-0.2, 0) is 10.3 Å². The van der Waals surface area contributed by atoms with Crippen LogP contribution in [0.25, 0.3) is 0 Å². The Morgan fingerprint density at radius 2 is 1.97 bits per heavy atom. The maximum Gasteiger partial charge on any atom is 0.269 e. The van der Waals surface area contributed by atoms with E-state index in [0.717, 1.165) is 11.3 Å². The molecule has 1 N–H and O–H groups in total. The number of thioether (sulfide) groups is 1. The standard InChI is InChI=1S/C25H20N4O4S/c30-23(19-10-3-4-11-26-19)22-21(15-6-5-7-16(12-15)29(32)33)20-13-34-14-28(20)25(22)17-8-1-2-9-18(17)27-24(25)31/h1-12,20-22H,13-14H2,(H,27,31)/t20?,21?,22?,25-/m1/s1. The van der Waals surface area contributed by atoms with Crippen molar-refractivity contribution < 1.29 is 14.5 Å². The monoisotopic (exact) mass is 472 g/mol. The molecule has 1 spiro atoms. The van der Waals surface area contributed by atoms with Gasteiger partial charge in [-0.05, 0) is 23.8 Å². The van der Waals surface area contributed by atoms with Crippen LogP contribution >= 0.6 is 11.8 Å². The average Bonchev–Trinajstić information content (AvgIpc) is 3.52. The van der Waals surface area contributed by atoms with Gasteiger partial charge >= 0.3 is 0 Å². The first kappa shape index (κ1) is 21.0. The Bertz CT molecular complexity index is 1330. The summed E-state index contributed by atoms with van der Waals surface area (Å²) in [5.41, 5.74) is 1.20. The number of anilines is 1. The van der Waals surface area contributed by atoms with Crippen molar-refractivity contribution in [2.45, 2.75) is 17.5 Å². The van der Waals surface area contributed by atoms with Crippen molar-refractivity contribution in [1.82, 2.24) is 9.88 Å². The van der Waals surface area contributed by atoms with Crippen LogP contribution in [0.3, 0.4) is 0 Å². The van der Waals surface area contributed by atoms with Gasteiger partial charge < -0.3 is 5.32 Å². The fourth-order valence-corrected chi connectivity index (χ4v) is 7.24. The third-order valence-electron chi connectivity index (χ3n) is 7.19. The lowest BCUT2D eigenvalue weighted by molar-refractivity contribution is -0.384. The van der Waals surface area contributed by atoms with Crippen LogP contribution in [0.15, 0.2) is 72.9 Å². The molecule has 0 radical (unpaired) electrons. The third-order valence-corrected chi connectivity index (χ3v) is 8.23. The molecule has 4 atom stereocenters. The molecule has 9 heteroatoms. The summed E-state index contributed by atoms with van der Waals surface area (Å²) in [5, 5.41) is 14.6. The number of aromatic nitrogens is 1. The Kier molecular flexibility index (Phi) is 4.79. The quantitative estimate of drug-likeness (QED) is 0.350. The number of hydrogen-bond acceptors (Lipinski definition) is 7. The zero-order chi connectivity index (χ0) is 23.4. The molecule has 1 aromatic heterocycles. The number of para-hydroxylation sites is 1. The highest BCUT2D eigenvalue weighted by Gasteiger charge is 2.69. The third kappa shape index (κ3) is 2.80. The lowest BCUT2D eigenvalue weighted by Crippen LogP contribution is -2.52. The van der Waals surface area contributed by atoms with Gasteiger partial charge in [0.2, 0.25) is 5.91 Å². The van der Waals surface area contributed by atoms with E-state index in [4.69, 9.17) is 0 Å². The average molecular weight is 473 g/mol. The molecule has 6 rings (SSSR count). The number of benzene rings is 2. The molecule has 0 bridgehead atoms. The van der Waals surface area contributed by atoms with Gasteiger partial charge in [0, 0.05) is 53.2 Å². The number of rotatable bonds is 4. The summed E-state index contributed by atoms with van der Waals surface area (Å²) < 4.78 is 0. The number of hydrogen-bond donors (Lipinski definition) is 1. The van der Waals surface area contributed by atoms with Crippen LogP contribution in [-0.4, -0.2) is 44.2 Å². The number of non-ortho nitro benzene ring substituents is 1. The van der Waals surface area contributed by atoms with E-state index in [0.29, 0.717) is 17.1 Å². The van der Waals surface area contributed by atoms with E-state index in [1.54, 1.807) is 48.3 Å². The van der Waals surface area contributed by atoms with Gasteiger partial charge in [0.05, 0.1) is 10.8 Å². The lowest BCUT2D eigenvalue weighted by atomic mass is 9.70. The number of carbonyl (C=O) groups is 2. The van der Waals surface area contributed by atoms with E-state index in [2.05, 4.69) is 15.2 Å². The highest BCUT2D eigenvalue weighted by Crippen LogP contribution is 2.61. The Hall–Kier alpha value is -3.56. The molecule has 3 unspecified atom stereocenters. The Labute approximate surface area is 199 Å². The number of ketones is 1. The molecule has 1 amide bonds. The van der Waals surface area contributed by atoms with Gasteiger partial charge in [-0.2, -0.15) is 0 Å². The molecule has 2 aromatic carbocycles. The number of nitro groups is 1. The number of nitrogens with zero attached hydrogens (tertiary/aromatic N) is 3. The first-order valence-corrected chi connectivity index (χ1v) is 12.1. The molecular weight excluding hydrogens is 452 g/mol. The van der Waals surface area contributed by atoms with E-state index in [1.807, 2.05) is 30.3 Å². The van der Waals surface area contributed by atoms with Crippen molar-refractivity contribution in [3.8, 4) is 0 Å². The predicted molar refractivity (Wildman–Crippen MR) is 128 cm³/mol. The van der Waals surface area contributed by atoms with Gasteiger partial charge in [-0.1, -0.05) is 36.4 Å². The Morgan fingerprint density at radius 1 is 1.15 bits per heavy atom. The second-order valence-corrected chi connectivity index (χ2v) is 9.74. The molecule has 2 fully saturated rings. The van der Waals surface area contributed by atoms with Gasteiger partial charge in [0.25, 0.3) is 5.69 Å². The number of carbonyl (C=O) groups excluding carboxylic acids is 2. The summed E-state index contributed by atoms with van der Waals surface area (Å²) in [6, 6.07) is 19.0. The van der Waals surface area contributed by atoms with Crippen molar-refractivity contribution in [2.75, 3.05) is 16.9 Å². The van der Waals surface area contributed by atoms with E-state index >= 15 is 0 Å². The van der Waals surface area contributed by atoms with E-state index in [9.17, 15) is 19.7 Å². The van der Waals surface area contributed by atoms with Crippen LogP contribution in [0.1, 0.15) is 27.5 Å². The molecule has 2 saturated heterocycles. The molecular formula is C25H20N4O4S. The summed E-state index contributed by atoms with van der Waals surface area (Å²) in [6.45, 7) is 0. The summed E-state index contributed by atoms with van der Waals surface area (Å²) in [6.07, 6.45) is 1.57. The summed E-state index contributed by atoms with van der Waals surface area (Å²) in [7, 11) is 0. The molecule has 0 saturated carbocycles. The SMILES string of the molecule is O=C(c1ccccn1)C1C(c2cccc([N+](=O)[O-])c2)C2CSCN2[C@@]12C(=O)Nc1ccccc12. The zero-order valence-electron chi connectivity index (χ0n) is 18.0. The second-order valence-electron chi connectivity index (χ2n) is 8.74. The minimum absolute atomic E-state index is 0.0315. The van der Waals surface area contributed by atoms with Crippen LogP contribution in [0, 0.1) is 16.0 Å². The molecule has 34 heavy (non-hydrogen) atoms. The first-order valence-electron chi connectivity index (χ1n) is 11.0. The lowest BCUT2D eigenvalue weighted by Gasteiger charge is -2.36. The van der Waals surface area contributed by atoms with Gasteiger partial charge in [-0.3, -0.25) is 29.6 Å². The topological polar surface area (TPSA) is 105 Å². The number of fused-ring (bicyclic) bond motifs is 4. The first-order chi connectivity index (χ1) is 16.5. The Morgan fingerprint density at radius 3 is 2.76 bits per heavy atom. The minimum Gasteiger partial charge on any atom is -0.324 e. The molecule has 3 aliphatic rings. The largest absolute Gasteiger partial charge is 0.324 e. The predicted octanol–water partition coefficient (Wildman–Crippen LogP) is 3.81. The summed E-state index contributed by atoms with van der Waals surface area (Å²) in [4.78, 5) is 45.6. The number of nitrogens with one attached hydrogen (secondary N) is 1. The highest BCUT2D eigenvalue weighted by atomic mass is 32.2. The molecule has 0 aliphatic carbocycles. The number of nitro benzene ring substituents is 1. The molecule has 170 valence electrons. The normalized spacial score (nSPS) is 27.4. The van der Waals surface area contributed by atoms with Crippen LogP contribution < -0.4 is 5.32 Å². The number of Topliss-reactive ketones (excluding diaryl/α,β-unsaturated/α-hetero) is 1. The maximum absolute atomic E-state index is 14.2. The van der Waals surface area contributed by atoms with Crippen molar-refractivity contribution in [2.24, 2.45) is 5.92 Å². The van der Waals surface area contributed by atoms with Gasteiger partial charge in [-0.25, -0.2) is 0 Å². The molecule has 8 nitrogen and oxygen atoms in total.